The first-order chi connectivity index (χ1) is 8.26. The predicted molar refractivity (Wildman–Crippen MR) is 78.5 cm³/mol. The maximum atomic E-state index is 5.94. The number of rotatable bonds is 6. The van der Waals surface area contributed by atoms with Gasteiger partial charge in [0.15, 0.2) is 0 Å². The molecule has 0 fully saturated rings. The smallest absolute Gasteiger partial charge is 0.0387 e. The molecule has 0 heterocycles. The quantitative estimate of drug-likeness (QED) is 0.676. The maximum absolute atomic E-state index is 5.94. The lowest BCUT2D eigenvalue weighted by Crippen LogP contribution is -1.98. The van der Waals surface area contributed by atoms with Gasteiger partial charge in [0.2, 0.25) is 0 Å². The van der Waals surface area contributed by atoms with E-state index in [0.29, 0.717) is 0 Å². The summed E-state index contributed by atoms with van der Waals surface area (Å²) in [6.07, 6.45) is 21.1. The third-order valence-corrected chi connectivity index (χ3v) is 1.89. The fourth-order valence-corrected chi connectivity index (χ4v) is 1.11. The average molecular weight is 227 g/mol. The standard InChI is InChI=1S/C16H21N/c1-4-7-8-9-10-11-14-16(17)15(12-5-2)13-6-3/h4-14H,2,17H2,1,3H3/b7-4+,9-8-,11-10-,13-6-,15-12+,16-14-. The molecule has 0 aromatic carbocycles. The van der Waals surface area contributed by atoms with E-state index in [0.717, 1.165) is 11.3 Å². The molecule has 0 unspecified atom stereocenters. The summed E-state index contributed by atoms with van der Waals surface area (Å²) in [6, 6.07) is 0. The van der Waals surface area contributed by atoms with Crippen LogP contribution in [0.5, 0.6) is 0 Å². The monoisotopic (exact) mass is 227 g/mol. The maximum Gasteiger partial charge on any atom is 0.0387 e. The van der Waals surface area contributed by atoms with Crippen molar-refractivity contribution in [1.82, 2.24) is 0 Å². The van der Waals surface area contributed by atoms with Gasteiger partial charge in [-0.3, -0.25) is 0 Å². The largest absolute Gasteiger partial charge is 0.398 e. The summed E-state index contributed by atoms with van der Waals surface area (Å²) in [5.74, 6) is 0. The highest BCUT2D eigenvalue weighted by Crippen LogP contribution is 2.06. The Morgan fingerprint density at radius 3 is 2.12 bits per heavy atom. The first-order valence-corrected chi connectivity index (χ1v) is 5.63. The van der Waals surface area contributed by atoms with Crippen molar-refractivity contribution in [3.63, 3.8) is 0 Å². The number of nitrogens with two attached hydrogens (primary N) is 1. The van der Waals surface area contributed by atoms with Gasteiger partial charge in [0.25, 0.3) is 0 Å². The van der Waals surface area contributed by atoms with Gasteiger partial charge in [0.1, 0.15) is 0 Å². The van der Waals surface area contributed by atoms with Crippen LogP contribution >= 0.6 is 0 Å². The Morgan fingerprint density at radius 2 is 1.53 bits per heavy atom. The molecule has 0 saturated carbocycles. The molecule has 1 heteroatoms. The van der Waals surface area contributed by atoms with Gasteiger partial charge in [0, 0.05) is 5.70 Å². The fourth-order valence-electron chi connectivity index (χ4n) is 1.11. The van der Waals surface area contributed by atoms with Crippen molar-refractivity contribution in [1.29, 1.82) is 0 Å². The molecule has 0 aromatic heterocycles. The highest BCUT2D eigenvalue weighted by atomic mass is 14.6. The topological polar surface area (TPSA) is 26.0 Å². The van der Waals surface area contributed by atoms with Crippen molar-refractivity contribution < 1.29 is 0 Å². The third-order valence-electron chi connectivity index (χ3n) is 1.89. The van der Waals surface area contributed by atoms with Crippen LogP contribution in [0.4, 0.5) is 0 Å². The molecule has 0 bridgehead atoms. The van der Waals surface area contributed by atoms with E-state index in [1.165, 1.54) is 0 Å². The van der Waals surface area contributed by atoms with Crippen molar-refractivity contribution in [3.8, 4) is 0 Å². The van der Waals surface area contributed by atoms with Gasteiger partial charge in [-0.2, -0.15) is 0 Å². The first kappa shape index (κ1) is 15.0. The summed E-state index contributed by atoms with van der Waals surface area (Å²) < 4.78 is 0. The zero-order valence-corrected chi connectivity index (χ0v) is 10.6. The summed E-state index contributed by atoms with van der Waals surface area (Å²) in [6.45, 7) is 7.61. The van der Waals surface area contributed by atoms with Gasteiger partial charge in [-0.1, -0.05) is 67.3 Å². The van der Waals surface area contributed by atoms with E-state index < -0.39 is 0 Å². The molecular weight excluding hydrogens is 206 g/mol. The van der Waals surface area contributed by atoms with Gasteiger partial charge in [-0.25, -0.2) is 0 Å². The van der Waals surface area contributed by atoms with Crippen molar-refractivity contribution in [2.45, 2.75) is 13.8 Å². The summed E-state index contributed by atoms with van der Waals surface area (Å²) >= 11 is 0. The van der Waals surface area contributed by atoms with E-state index in [4.69, 9.17) is 5.73 Å². The Morgan fingerprint density at radius 1 is 0.882 bits per heavy atom. The molecule has 0 aromatic rings. The number of allylic oxidation sites excluding steroid dienone is 11. The molecule has 1 nitrogen and oxygen atoms in total. The first-order valence-electron chi connectivity index (χ1n) is 5.63. The molecule has 0 saturated heterocycles. The molecule has 0 rings (SSSR count). The van der Waals surface area contributed by atoms with Crippen LogP contribution < -0.4 is 5.73 Å². The Hall–Kier alpha value is -2.02. The van der Waals surface area contributed by atoms with Crippen LogP contribution in [0.15, 0.2) is 84.7 Å². The minimum Gasteiger partial charge on any atom is -0.398 e. The Labute approximate surface area is 105 Å². The lowest BCUT2D eigenvalue weighted by atomic mass is 10.1. The summed E-state index contributed by atoms with van der Waals surface area (Å²) in [4.78, 5) is 0. The van der Waals surface area contributed by atoms with Gasteiger partial charge in [-0.15, -0.1) is 0 Å². The highest BCUT2D eigenvalue weighted by Gasteiger charge is 1.92. The lowest BCUT2D eigenvalue weighted by molar-refractivity contribution is 1.35. The molecule has 0 aliphatic heterocycles. The normalized spacial score (nSPS) is 14.7. The minimum atomic E-state index is 0.721. The van der Waals surface area contributed by atoms with Gasteiger partial charge < -0.3 is 5.73 Å². The Kier molecular flexibility index (Phi) is 9.25. The van der Waals surface area contributed by atoms with Crippen LogP contribution in [0.1, 0.15) is 13.8 Å². The number of hydrogen-bond acceptors (Lipinski definition) is 1. The third kappa shape index (κ3) is 7.86. The minimum absolute atomic E-state index is 0.721. The zero-order valence-electron chi connectivity index (χ0n) is 10.6. The Bertz CT molecular complexity index is 388. The van der Waals surface area contributed by atoms with Crippen LogP contribution in [0.2, 0.25) is 0 Å². The average Bonchev–Trinajstić information content (AvgIpc) is 2.33. The zero-order chi connectivity index (χ0) is 12.9. The van der Waals surface area contributed by atoms with Crippen LogP contribution in [-0.4, -0.2) is 0 Å². The van der Waals surface area contributed by atoms with Gasteiger partial charge in [-0.05, 0) is 25.5 Å². The molecule has 0 spiro atoms. The molecule has 0 aliphatic carbocycles. The second kappa shape index (κ2) is 10.5. The van der Waals surface area contributed by atoms with Crippen molar-refractivity contribution >= 4 is 0 Å². The van der Waals surface area contributed by atoms with E-state index in [9.17, 15) is 0 Å². The summed E-state index contributed by atoms with van der Waals surface area (Å²) in [5.41, 5.74) is 7.62. The van der Waals surface area contributed by atoms with Crippen molar-refractivity contribution in [2.75, 3.05) is 0 Å². The molecule has 0 radical (unpaired) electrons. The SMILES string of the molecule is C=C/C=C(\C=C/C)C(/N)=C/C=C\C=C/C=C/C. The van der Waals surface area contributed by atoms with Crippen LogP contribution in [0, 0.1) is 0 Å². The summed E-state index contributed by atoms with van der Waals surface area (Å²) in [5, 5.41) is 0. The second-order valence-electron chi connectivity index (χ2n) is 3.28. The predicted octanol–water partition coefficient (Wildman–Crippen LogP) is 4.21. The molecule has 2 N–H and O–H groups in total. The molecule has 0 amide bonds. The second-order valence-corrected chi connectivity index (χ2v) is 3.28. The van der Waals surface area contributed by atoms with E-state index in [1.54, 1.807) is 6.08 Å². The van der Waals surface area contributed by atoms with Crippen LogP contribution in [0.25, 0.3) is 0 Å². The lowest BCUT2D eigenvalue weighted by Gasteiger charge is -1.99. The highest BCUT2D eigenvalue weighted by molar-refractivity contribution is 5.41. The van der Waals surface area contributed by atoms with Gasteiger partial charge in [0.05, 0.1) is 0 Å². The molecule has 0 atom stereocenters. The van der Waals surface area contributed by atoms with Crippen molar-refractivity contribution in [2.24, 2.45) is 5.73 Å². The van der Waals surface area contributed by atoms with E-state index in [2.05, 4.69) is 6.58 Å². The van der Waals surface area contributed by atoms with E-state index >= 15 is 0 Å². The molecular formula is C16H21N. The molecule has 90 valence electrons. The number of hydrogen-bond donors (Lipinski definition) is 1. The van der Waals surface area contributed by atoms with E-state index in [-0.39, 0.29) is 0 Å². The van der Waals surface area contributed by atoms with Gasteiger partial charge >= 0.3 is 0 Å². The Balaban J connectivity index is 4.61. The summed E-state index contributed by atoms with van der Waals surface area (Å²) in [7, 11) is 0. The molecule has 17 heavy (non-hydrogen) atoms. The van der Waals surface area contributed by atoms with Crippen LogP contribution in [-0.2, 0) is 0 Å². The van der Waals surface area contributed by atoms with Crippen LogP contribution in [0.3, 0.4) is 0 Å². The molecule has 0 aliphatic rings. The van der Waals surface area contributed by atoms with E-state index in [1.807, 2.05) is 74.6 Å². The van der Waals surface area contributed by atoms with Crippen molar-refractivity contribution in [3.05, 3.63) is 84.7 Å². The fraction of sp³-hybridized carbons (Fsp3) is 0.125.